The molecule has 0 aliphatic carbocycles. The van der Waals surface area contributed by atoms with Gasteiger partial charge in [-0.1, -0.05) is 0 Å². The van der Waals surface area contributed by atoms with Gasteiger partial charge in [0.2, 0.25) is 0 Å². The highest BCUT2D eigenvalue weighted by Crippen LogP contribution is 2.28. The maximum Gasteiger partial charge on any atom is 0.173 e. The summed E-state index contributed by atoms with van der Waals surface area (Å²) in [5.74, 6) is 1.90. The minimum Gasteiger partial charge on any atom is -0.365 e. The minimum absolute atomic E-state index is 0.470. The highest BCUT2D eigenvalue weighted by Gasteiger charge is 2.21. The lowest BCUT2D eigenvalue weighted by Crippen LogP contribution is -2.40. The van der Waals surface area contributed by atoms with E-state index in [-0.39, 0.29) is 0 Å². The van der Waals surface area contributed by atoms with Crippen molar-refractivity contribution in [2.75, 3.05) is 29.6 Å². The SMILES string of the molecule is CSc1cnc2c(n1)N(C(C)C)CCN2. The van der Waals surface area contributed by atoms with E-state index >= 15 is 0 Å². The fourth-order valence-electron chi connectivity index (χ4n) is 1.69. The Labute approximate surface area is 94.5 Å². The average Bonchev–Trinajstić information content (AvgIpc) is 2.27. The largest absolute Gasteiger partial charge is 0.365 e. The number of anilines is 2. The summed E-state index contributed by atoms with van der Waals surface area (Å²) in [6, 6.07) is 0.470. The summed E-state index contributed by atoms with van der Waals surface area (Å²) in [5.41, 5.74) is 0. The molecule has 1 aromatic rings. The summed E-state index contributed by atoms with van der Waals surface area (Å²) in [5, 5.41) is 4.25. The lowest BCUT2D eigenvalue weighted by Gasteiger charge is -2.33. The molecule has 0 saturated carbocycles. The molecule has 0 fully saturated rings. The number of hydrogen-bond acceptors (Lipinski definition) is 5. The van der Waals surface area contributed by atoms with Crippen LogP contribution >= 0.6 is 11.8 Å². The highest BCUT2D eigenvalue weighted by molar-refractivity contribution is 7.98. The van der Waals surface area contributed by atoms with E-state index in [4.69, 9.17) is 0 Å². The van der Waals surface area contributed by atoms with Crippen molar-refractivity contribution in [1.29, 1.82) is 0 Å². The maximum absolute atomic E-state index is 4.60. The van der Waals surface area contributed by atoms with Crippen molar-refractivity contribution >= 4 is 23.4 Å². The predicted octanol–water partition coefficient (Wildman–Crippen LogP) is 1.84. The van der Waals surface area contributed by atoms with Gasteiger partial charge in [-0.2, -0.15) is 0 Å². The Bertz CT molecular complexity index is 353. The Kier molecular flexibility index (Phi) is 3.00. The second-order valence-corrected chi connectivity index (χ2v) is 4.63. The molecule has 0 radical (unpaired) electrons. The molecule has 2 heterocycles. The van der Waals surface area contributed by atoms with Crippen LogP contribution in [0.3, 0.4) is 0 Å². The van der Waals surface area contributed by atoms with E-state index < -0.39 is 0 Å². The first-order valence-electron chi connectivity index (χ1n) is 5.14. The van der Waals surface area contributed by atoms with Crippen LogP contribution in [0.4, 0.5) is 11.6 Å². The van der Waals surface area contributed by atoms with E-state index in [0.29, 0.717) is 6.04 Å². The van der Waals surface area contributed by atoms with Crippen molar-refractivity contribution in [1.82, 2.24) is 9.97 Å². The summed E-state index contributed by atoms with van der Waals surface area (Å²) in [6.45, 7) is 6.31. The second-order valence-electron chi connectivity index (χ2n) is 3.80. The Morgan fingerprint density at radius 1 is 1.53 bits per heavy atom. The summed E-state index contributed by atoms with van der Waals surface area (Å²) in [6.07, 6.45) is 3.84. The number of thioether (sulfide) groups is 1. The predicted molar refractivity (Wildman–Crippen MR) is 64.8 cm³/mol. The molecule has 5 heteroatoms. The minimum atomic E-state index is 0.470. The van der Waals surface area contributed by atoms with E-state index in [9.17, 15) is 0 Å². The molecule has 0 amide bonds. The number of fused-ring (bicyclic) bond motifs is 1. The molecule has 0 saturated heterocycles. The van der Waals surface area contributed by atoms with Gasteiger partial charge in [-0.25, -0.2) is 9.97 Å². The van der Waals surface area contributed by atoms with E-state index in [0.717, 1.165) is 29.8 Å². The summed E-state index contributed by atoms with van der Waals surface area (Å²) in [4.78, 5) is 11.3. The van der Waals surface area contributed by atoms with Crippen LogP contribution in [0.1, 0.15) is 13.8 Å². The third kappa shape index (κ3) is 2.02. The van der Waals surface area contributed by atoms with E-state index in [1.54, 1.807) is 11.8 Å². The topological polar surface area (TPSA) is 41.1 Å². The van der Waals surface area contributed by atoms with E-state index in [1.807, 2.05) is 12.5 Å². The zero-order valence-electron chi connectivity index (χ0n) is 9.32. The molecule has 0 atom stereocenters. The molecule has 82 valence electrons. The number of nitrogens with one attached hydrogen (secondary N) is 1. The molecule has 0 spiro atoms. The third-order valence-corrected chi connectivity index (χ3v) is 3.10. The van der Waals surface area contributed by atoms with Gasteiger partial charge in [0.15, 0.2) is 11.6 Å². The Hall–Kier alpha value is -0.970. The van der Waals surface area contributed by atoms with Gasteiger partial charge in [0.05, 0.1) is 6.20 Å². The zero-order chi connectivity index (χ0) is 10.8. The van der Waals surface area contributed by atoms with Crippen LogP contribution in [-0.2, 0) is 0 Å². The second kappa shape index (κ2) is 4.26. The molecule has 0 unspecified atom stereocenters. The van der Waals surface area contributed by atoms with E-state index in [2.05, 4.69) is 34.0 Å². The maximum atomic E-state index is 4.60. The van der Waals surface area contributed by atoms with Crippen LogP contribution in [0.15, 0.2) is 11.2 Å². The van der Waals surface area contributed by atoms with Gasteiger partial charge in [0.25, 0.3) is 0 Å². The van der Waals surface area contributed by atoms with Gasteiger partial charge in [0, 0.05) is 19.1 Å². The number of nitrogens with zero attached hydrogens (tertiary/aromatic N) is 3. The number of hydrogen-bond donors (Lipinski definition) is 1. The smallest absolute Gasteiger partial charge is 0.173 e. The quantitative estimate of drug-likeness (QED) is 0.776. The molecule has 1 aliphatic heterocycles. The molecule has 1 aromatic heterocycles. The molecule has 4 nitrogen and oxygen atoms in total. The van der Waals surface area contributed by atoms with Gasteiger partial charge < -0.3 is 10.2 Å². The summed E-state index contributed by atoms with van der Waals surface area (Å²) in [7, 11) is 0. The molecule has 1 aliphatic rings. The van der Waals surface area contributed by atoms with Gasteiger partial charge in [-0.05, 0) is 20.1 Å². The van der Waals surface area contributed by atoms with Crippen molar-refractivity contribution in [2.24, 2.45) is 0 Å². The van der Waals surface area contributed by atoms with Crippen molar-refractivity contribution in [3.05, 3.63) is 6.20 Å². The van der Waals surface area contributed by atoms with Gasteiger partial charge in [-0.15, -0.1) is 11.8 Å². The first kappa shape index (κ1) is 10.5. The first-order chi connectivity index (χ1) is 7.22. The number of aromatic nitrogens is 2. The highest BCUT2D eigenvalue weighted by atomic mass is 32.2. The molecule has 2 rings (SSSR count). The van der Waals surface area contributed by atoms with Crippen LogP contribution < -0.4 is 10.2 Å². The summed E-state index contributed by atoms with van der Waals surface area (Å²) >= 11 is 1.63. The molecule has 0 bridgehead atoms. The van der Waals surface area contributed by atoms with Crippen LogP contribution in [0.25, 0.3) is 0 Å². The summed E-state index contributed by atoms with van der Waals surface area (Å²) < 4.78 is 0. The first-order valence-corrected chi connectivity index (χ1v) is 6.36. The third-order valence-electron chi connectivity index (χ3n) is 2.48. The van der Waals surface area contributed by atoms with Gasteiger partial charge in [0.1, 0.15) is 5.03 Å². The van der Waals surface area contributed by atoms with E-state index in [1.165, 1.54) is 0 Å². The Balaban J connectivity index is 2.39. The molecule has 0 aromatic carbocycles. The van der Waals surface area contributed by atoms with Gasteiger partial charge in [-0.3, -0.25) is 0 Å². The fourth-order valence-corrected chi connectivity index (χ4v) is 2.03. The van der Waals surface area contributed by atoms with Crippen molar-refractivity contribution in [3.8, 4) is 0 Å². The van der Waals surface area contributed by atoms with Crippen LogP contribution in [0.5, 0.6) is 0 Å². The molecular weight excluding hydrogens is 208 g/mol. The molecule has 1 N–H and O–H groups in total. The Morgan fingerprint density at radius 2 is 2.33 bits per heavy atom. The lowest BCUT2D eigenvalue weighted by atomic mass is 10.2. The standard InChI is InChI=1S/C10H16N4S/c1-7(2)14-5-4-11-9-10(14)13-8(15-3)6-12-9/h6-7H,4-5H2,1-3H3,(H,11,12). The van der Waals surface area contributed by atoms with Crippen molar-refractivity contribution < 1.29 is 0 Å². The molecular formula is C10H16N4S. The molecule has 15 heavy (non-hydrogen) atoms. The number of rotatable bonds is 2. The van der Waals surface area contributed by atoms with Gasteiger partial charge >= 0.3 is 0 Å². The monoisotopic (exact) mass is 224 g/mol. The zero-order valence-corrected chi connectivity index (χ0v) is 10.1. The normalized spacial score (nSPS) is 15.1. The van der Waals surface area contributed by atoms with Crippen molar-refractivity contribution in [3.63, 3.8) is 0 Å². The van der Waals surface area contributed by atoms with Crippen LogP contribution in [0, 0.1) is 0 Å². The Morgan fingerprint density at radius 3 is 3.00 bits per heavy atom. The lowest BCUT2D eigenvalue weighted by molar-refractivity contribution is 0.662. The van der Waals surface area contributed by atoms with Crippen molar-refractivity contribution in [2.45, 2.75) is 24.9 Å². The average molecular weight is 224 g/mol. The van der Waals surface area contributed by atoms with Crippen LogP contribution in [0.2, 0.25) is 0 Å². The fraction of sp³-hybridized carbons (Fsp3) is 0.600. The van der Waals surface area contributed by atoms with Crippen LogP contribution in [-0.4, -0.2) is 35.4 Å².